The number of amides is 2. The zero-order chi connectivity index (χ0) is 30.7. The lowest BCUT2D eigenvalue weighted by Gasteiger charge is -2.32. The van der Waals surface area contributed by atoms with Crippen LogP contribution in [0.1, 0.15) is 44.7 Å². The van der Waals surface area contributed by atoms with Gasteiger partial charge in [0.25, 0.3) is 10.0 Å². The highest BCUT2D eigenvalue weighted by Gasteiger charge is 2.32. The summed E-state index contributed by atoms with van der Waals surface area (Å²) in [6.07, 6.45) is 3.66. The zero-order valence-corrected chi connectivity index (χ0v) is 26.6. The fraction of sp³-hybridized carbons (Fsp3) is 0.375. The van der Waals surface area contributed by atoms with Gasteiger partial charge in [-0.25, -0.2) is 8.42 Å². The molecule has 0 radical (unpaired) electrons. The SMILES string of the molecule is CCCCNC(=O)C(C)N(Cc1cccc(C)c1)C(=O)CN(c1ccc(OCC)cc1)S(=O)(=O)c1ccc(SC)cc1. The van der Waals surface area contributed by atoms with Crippen LogP contribution in [-0.4, -0.2) is 57.1 Å². The Kier molecular flexibility index (Phi) is 12.3. The van der Waals surface area contributed by atoms with Gasteiger partial charge in [0, 0.05) is 18.0 Å². The molecule has 0 bridgehead atoms. The van der Waals surface area contributed by atoms with Crippen LogP contribution in [0.2, 0.25) is 0 Å². The molecule has 2 amide bonds. The topological polar surface area (TPSA) is 96.0 Å². The predicted octanol–water partition coefficient (Wildman–Crippen LogP) is 5.64. The number of sulfonamides is 1. The van der Waals surface area contributed by atoms with Gasteiger partial charge in [-0.2, -0.15) is 0 Å². The van der Waals surface area contributed by atoms with Crippen molar-refractivity contribution >= 4 is 39.3 Å². The van der Waals surface area contributed by atoms with Gasteiger partial charge in [-0.05, 0) is 87.5 Å². The number of aryl methyl sites for hydroxylation is 1. The van der Waals surface area contributed by atoms with Crippen LogP contribution in [0, 0.1) is 6.92 Å². The second-order valence-electron chi connectivity index (χ2n) is 9.95. The molecule has 1 unspecified atom stereocenters. The molecule has 0 heterocycles. The highest BCUT2D eigenvalue weighted by atomic mass is 32.2. The summed E-state index contributed by atoms with van der Waals surface area (Å²) >= 11 is 1.51. The van der Waals surface area contributed by atoms with E-state index in [0.717, 1.165) is 33.2 Å². The summed E-state index contributed by atoms with van der Waals surface area (Å²) in [5.41, 5.74) is 2.18. The maximum atomic E-state index is 14.1. The number of thioether (sulfide) groups is 1. The van der Waals surface area contributed by atoms with E-state index in [0.29, 0.717) is 24.6 Å². The summed E-state index contributed by atoms with van der Waals surface area (Å²) in [6.45, 7) is 8.17. The highest BCUT2D eigenvalue weighted by molar-refractivity contribution is 7.98. The summed E-state index contributed by atoms with van der Waals surface area (Å²) in [6, 6.07) is 20.0. The maximum Gasteiger partial charge on any atom is 0.264 e. The van der Waals surface area contributed by atoms with Gasteiger partial charge in [0.05, 0.1) is 17.2 Å². The van der Waals surface area contributed by atoms with Gasteiger partial charge in [0.1, 0.15) is 18.3 Å². The fourth-order valence-electron chi connectivity index (χ4n) is 4.40. The number of rotatable bonds is 15. The van der Waals surface area contributed by atoms with E-state index >= 15 is 0 Å². The number of ether oxygens (including phenoxy) is 1. The average molecular weight is 612 g/mol. The van der Waals surface area contributed by atoms with Crippen molar-refractivity contribution in [3.63, 3.8) is 0 Å². The molecule has 8 nitrogen and oxygen atoms in total. The van der Waals surface area contributed by atoms with Crippen molar-refractivity contribution < 1.29 is 22.7 Å². The number of nitrogens with zero attached hydrogens (tertiary/aromatic N) is 2. The van der Waals surface area contributed by atoms with E-state index in [1.807, 2.05) is 51.3 Å². The number of hydrogen-bond donors (Lipinski definition) is 1. The summed E-state index contributed by atoms with van der Waals surface area (Å²) in [4.78, 5) is 29.6. The normalized spacial score (nSPS) is 11.9. The molecule has 42 heavy (non-hydrogen) atoms. The first-order valence-corrected chi connectivity index (χ1v) is 16.8. The van der Waals surface area contributed by atoms with Gasteiger partial charge >= 0.3 is 0 Å². The number of carbonyl (C=O) groups excluding carboxylic acids is 2. The smallest absolute Gasteiger partial charge is 0.264 e. The van der Waals surface area contributed by atoms with E-state index in [1.54, 1.807) is 55.5 Å². The van der Waals surface area contributed by atoms with Gasteiger partial charge in [-0.1, -0.05) is 43.2 Å². The van der Waals surface area contributed by atoms with Gasteiger partial charge < -0.3 is 15.0 Å². The minimum absolute atomic E-state index is 0.0672. The summed E-state index contributed by atoms with van der Waals surface area (Å²) in [5.74, 6) is -0.187. The molecule has 0 saturated carbocycles. The van der Waals surface area contributed by atoms with Gasteiger partial charge in [-0.15, -0.1) is 11.8 Å². The van der Waals surface area contributed by atoms with Crippen LogP contribution >= 0.6 is 11.8 Å². The zero-order valence-electron chi connectivity index (χ0n) is 25.0. The van der Waals surface area contributed by atoms with Crippen LogP contribution in [-0.2, 0) is 26.2 Å². The van der Waals surface area contributed by atoms with Crippen molar-refractivity contribution in [2.75, 3.05) is 30.3 Å². The molecule has 0 aliphatic rings. The maximum absolute atomic E-state index is 14.1. The molecular formula is C32H41N3O5S2. The van der Waals surface area contributed by atoms with Crippen molar-refractivity contribution in [1.29, 1.82) is 0 Å². The molecule has 3 aromatic carbocycles. The van der Waals surface area contributed by atoms with Crippen LogP contribution in [0.15, 0.2) is 82.6 Å². The lowest BCUT2D eigenvalue weighted by atomic mass is 10.1. The number of benzene rings is 3. The Labute approximate surface area is 254 Å². The lowest BCUT2D eigenvalue weighted by Crippen LogP contribution is -2.51. The van der Waals surface area contributed by atoms with E-state index in [4.69, 9.17) is 4.74 Å². The van der Waals surface area contributed by atoms with Crippen molar-refractivity contribution in [3.8, 4) is 5.75 Å². The van der Waals surface area contributed by atoms with Crippen LogP contribution in [0.25, 0.3) is 0 Å². The predicted molar refractivity (Wildman–Crippen MR) is 169 cm³/mol. The quantitative estimate of drug-likeness (QED) is 0.176. The average Bonchev–Trinajstić information content (AvgIpc) is 2.99. The Hall–Kier alpha value is -3.50. The fourth-order valence-corrected chi connectivity index (χ4v) is 6.23. The van der Waals surface area contributed by atoms with Gasteiger partial charge in [-0.3, -0.25) is 13.9 Å². The Morgan fingerprint density at radius 3 is 2.29 bits per heavy atom. The van der Waals surface area contributed by atoms with E-state index in [9.17, 15) is 18.0 Å². The molecule has 3 aromatic rings. The second-order valence-corrected chi connectivity index (χ2v) is 12.7. The van der Waals surface area contributed by atoms with Crippen LogP contribution < -0.4 is 14.4 Å². The van der Waals surface area contributed by atoms with E-state index in [-0.39, 0.29) is 17.3 Å². The monoisotopic (exact) mass is 611 g/mol. The molecule has 10 heteroatoms. The van der Waals surface area contributed by atoms with Crippen LogP contribution in [0.5, 0.6) is 5.75 Å². The third-order valence-corrected chi connectivity index (χ3v) is 9.33. The van der Waals surface area contributed by atoms with E-state index < -0.39 is 28.5 Å². The standard InChI is InChI=1S/C32H41N3O5S2/c1-6-8-20-33-32(37)25(4)34(22-26-11-9-10-24(3)21-26)31(36)23-35(27-12-14-28(15-13-27)40-7-2)42(38,39)30-18-16-29(41-5)17-19-30/h9-19,21,25H,6-8,20,22-23H2,1-5H3,(H,33,37). The minimum atomic E-state index is -4.14. The third kappa shape index (κ3) is 8.75. The van der Waals surface area contributed by atoms with Gasteiger partial charge in [0.15, 0.2) is 0 Å². The molecule has 1 N–H and O–H groups in total. The number of unbranched alkanes of at least 4 members (excludes halogenated alkanes) is 1. The van der Waals surface area contributed by atoms with Crippen molar-refractivity contribution in [3.05, 3.63) is 83.9 Å². The largest absolute Gasteiger partial charge is 0.494 e. The lowest BCUT2D eigenvalue weighted by molar-refractivity contribution is -0.139. The highest BCUT2D eigenvalue weighted by Crippen LogP contribution is 2.28. The number of hydrogen-bond acceptors (Lipinski definition) is 6. The molecule has 0 aromatic heterocycles. The van der Waals surface area contributed by atoms with Crippen molar-refractivity contribution in [2.24, 2.45) is 0 Å². The molecule has 0 fully saturated rings. The molecule has 0 aliphatic carbocycles. The van der Waals surface area contributed by atoms with Crippen molar-refractivity contribution in [2.45, 2.75) is 62.9 Å². The first-order valence-electron chi connectivity index (χ1n) is 14.1. The Morgan fingerprint density at radius 2 is 1.69 bits per heavy atom. The van der Waals surface area contributed by atoms with E-state index in [2.05, 4.69) is 5.32 Å². The van der Waals surface area contributed by atoms with Gasteiger partial charge in [0.2, 0.25) is 11.8 Å². The molecule has 226 valence electrons. The molecule has 0 aliphatic heterocycles. The number of carbonyl (C=O) groups is 2. The first kappa shape index (κ1) is 33.0. The molecule has 1 atom stereocenters. The number of nitrogens with one attached hydrogen (secondary N) is 1. The number of anilines is 1. The Morgan fingerprint density at radius 1 is 1.00 bits per heavy atom. The minimum Gasteiger partial charge on any atom is -0.494 e. The summed E-state index contributed by atoms with van der Waals surface area (Å²) in [5, 5.41) is 2.91. The molecule has 0 spiro atoms. The molecule has 0 saturated heterocycles. The summed E-state index contributed by atoms with van der Waals surface area (Å²) < 4.78 is 34.7. The molecular weight excluding hydrogens is 571 g/mol. The first-order chi connectivity index (χ1) is 20.1. The van der Waals surface area contributed by atoms with E-state index in [1.165, 1.54) is 16.7 Å². The summed E-state index contributed by atoms with van der Waals surface area (Å²) in [7, 11) is -4.14. The third-order valence-electron chi connectivity index (χ3n) is 6.79. The molecule has 3 rings (SSSR count). The Bertz CT molecular complexity index is 1430. The van der Waals surface area contributed by atoms with Crippen LogP contribution in [0.3, 0.4) is 0 Å². The van der Waals surface area contributed by atoms with Crippen molar-refractivity contribution in [1.82, 2.24) is 10.2 Å². The van der Waals surface area contributed by atoms with Crippen LogP contribution in [0.4, 0.5) is 5.69 Å². The second kappa shape index (κ2) is 15.7. The Balaban J connectivity index is 2.01.